The monoisotopic (exact) mass is 777 g/mol. The summed E-state index contributed by atoms with van der Waals surface area (Å²) in [7, 11) is 1.92. The largest absolute Gasteiger partial charge is 0.481 e. The van der Waals surface area contributed by atoms with E-state index in [0.29, 0.717) is 29.1 Å². The number of halogens is 1. The summed E-state index contributed by atoms with van der Waals surface area (Å²) in [5, 5.41) is 10.2. The van der Waals surface area contributed by atoms with Crippen molar-refractivity contribution in [2.45, 2.75) is 151 Å². The van der Waals surface area contributed by atoms with Crippen molar-refractivity contribution in [3.8, 4) is 5.82 Å². The first-order chi connectivity index (χ1) is 25.6. The lowest BCUT2D eigenvalue weighted by atomic mass is 9.38. The van der Waals surface area contributed by atoms with Gasteiger partial charge in [0, 0.05) is 36.6 Å². The lowest BCUT2D eigenvalue weighted by molar-refractivity contribution is -0.172. The number of nitrogens with zero attached hydrogens (tertiary/aromatic N) is 3. The normalized spacial score (nSPS) is 30.2. The van der Waals surface area contributed by atoms with Gasteiger partial charge in [-0.2, -0.15) is 4.68 Å². The van der Waals surface area contributed by atoms with Crippen LogP contribution in [0.1, 0.15) is 145 Å². The van der Waals surface area contributed by atoms with Crippen molar-refractivity contribution in [3.63, 3.8) is 0 Å². The van der Waals surface area contributed by atoms with Crippen LogP contribution in [0.5, 0.6) is 0 Å². The van der Waals surface area contributed by atoms with E-state index in [1.807, 2.05) is 11.7 Å². The molecule has 0 unspecified atom stereocenters. The molecule has 4 aliphatic rings. The van der Waals surface area contributed by atoms with Gasteiger partial charge < -0.3 is 9.84 Å². The van der Waals surface area contributed by atoms with Crippen LogP contribution in [0.2, 0.25) is 5.02 Å². The second-order valence-electron chi connectivity index (χ2n) is 19.6. The summed E-state index contributed by atoms with van der Waals surface area (Å²) in [5.41, 5.74) is 1.00. The van der Waals surface area contributed by atoms with Crippen molar-refractivity contribution < 1.29 is 24.2 Å². The second-order valence-corrected chi connectivity index (χ2v) is 20.1. The molecule has 7 atom stereocenters. The average molecular weight is 778 g/mol. The fourth-order valence-corrected chi connectivity index (χ4v) is 12.1. The second kappa shape index (κ2) is 14.6. The van der Waals surface area contributed by atoms with Gasteiger partial charge in [0.05, 0.1) is 22.6 Å². The highest BCUT2D eigenvalue weighted by atomic mass is 35.5. The summed E-state index contributed by atoms with van der Waals surface area (Å²) in [6.07, 6.45) is 11.2. The lowest BCUT2D eigenvalue weighted by Crippen LogP contribution is -2.59. The minimum Gasteiger partial charge on any atom is -0.481 e. The number of carbonyl (C=O) groups is 3. The minimum atomic E-state index is -1.18. The number of pyridine rings is 1. The lowest BCUT2D eigenvalue weighted by Gasteiger charge is -2.66. The molecule has 0 aliphatic heterocycles. The Morgan fingerprint density at radius 1 is 1.05 bits per heavy atom. The van der Waals surface area contributed by atoms with Crippen molar-refractivity contribution in [2.75, 3.05) is 0 Å². The number of carboxylic acid groups (broad SMARTS) is 1. The summed E-state index contributed by atoms with van der Waals surface area (Å²) in [6.45, 7) is 19.1. The maximum Gasteiger partial charge on any atom is 0.309 e. The van der Waals surface area contributed by atoms with E-state index < -0.39 is 22.8 Å². The van der Waals surface area contributed by atoms with Gasteiger partial charge >= 0.3 is 11.9 Å². The molecule has 0 bridgehead atoms. The van der Waals surface area contributed by atoms with Crippen LogP contribution in [0, 0.1) is 45.3 Å². The molecule has 55 heavy (non-hydrogen) atoms. The van der Waals surface area contributed by atoms with Crippen LogP contribution in [0.3, 0.4) is 0 Å². The Hall–Kier alpha value is -3.20. The van der Waals surface area contributed by atoms with Crippen LogP contribution in [-0.2, 0) is 31.6 Å². The highest BCUT2D eigenvalue weighted by Gasteiger charge is 2.66. The van der Waals surface area contributed by atoms with Gasteiger partial charge in [0.25, 0.3) is 5.56 Å². The van der Waals surface area contributed by atoms with E-state index in [1.165, 1.54) is 5.57 Å². The Balaban J connectivity index is 1.32. The number of unbranched alkanes of at least 4 members (excludes halogenated alkanes) is 1. The molecule has 3 fully saturated rings. The van der Waals surface area contributed by atoms with E-state index in [2.05, 4.69) is 53.5 Å². The number of hydrogen-bond donors (Lipinski definition) is 1. The van der Waals surface area contributed by atoms with Crippen LogP contribution in [-0.4, -0.2) is 43.3 Å². The van der Waals surface area contributed by atoms with Crippen LogP contribution < -0.4 is 5.56 Å². The third-order valence-corrected chi connectivity index (χ3v) is 15.8. The van der Waals surface area contributed by atoms with E-state index in [0.717, 1.165) is 75.5 Å². The highest BCUT2D eigenvalue weighted by Crippen LogP contribution is 2.72. The Kier molecular flexibility index (Phi) is 11.0. The minimum absolute atomic E-state index is 0.0374. The zero-order valence-electron chi connectivity index (χ0n) is 34.9. The maximum atomic E-state index is 14.2. The van der Waals surface area contributed by atoms with Crippen LogP contribution in [0.25, 0.3) is 5.82 Å². The molecule has 2 aromatic heterocycles. The maximum absolute atomic E-state index is 14.2. The number of rotatable bonds is 12. The molecule has 0 radical (unpaired) electrons. The predicted octanol–water partition coefficient (Wildman–Crippen LogP) is 9.65. The van der Waals surface area contributed by atoms with E-state index in [4.69, 9.17) is 16.3 Å². The van der Waals surface area contributed by atoms with Crippen molar-refractivity contribution in [1.29, 1.82) is 0 Å². The molecule has 3 saturated carbocycles. The van der Waals surface area contributed by atoms with E-state index in [9.17, 15) is 24.3 Å². The number of allylic oxidation sites excluding steroid dienone is 2. The number of carboxylic acids is 1. The Bertz CT molecular complexity index is 1920. The average Bonchev–Trinajstić information content (AvgIpc) is 3.58. The third kappa shape index (κ3) is 6.76. The van der Waals surface area contributed by atoms with Gasteiger partial charge in [-0.3, -0.25) is 23.9 Å². The SMILES string of the molecule is CCCC[C@H](OC(=O)CC(C)(C)C(=O)O)C(C)(C)[C@@H]1CC[C@]2(C)[C@H](CC[C@@H]3C4=C(C(C)C)C(=O)C[C@]4(c4cc(=O)n(-c5ccc(Cl)cn5)n4C)CC[C@]32C)C1. The fourth-order valence-electron chi connectivity index (χ4n) is 12.0. The van der Waals surface area contributed by atoms with Crippen molar-refractivity contribution in [3.05, 3.63) is 56.6 Å². The van der Waals surface area contributed by atoms with E-state index >= 15 is 0 Å². The Labute approximate surface area is 332 Å². The molecule has 1 N–H and O–H groups in total. The zero-order chi connectivity index (χ0) is 40.5. The van der Waals surface area contributed by atoms with Gasteiger partial charge in [-0.15, -0.1) is 0 Å². The molecule has 4 aliphatic carbocycles. The molecular formula is C45H64ClN3O6. The molecular weight excluding hydrogens is 714 g/mol. The van der Waals surface area contributed by atoms with Gasteiger partial charge in [0.15, 0.2) is 11.6 Å². The summed E-state index contributed by atoms with van der Waals surface area (Å²) in [5.74, 6) is 0.422. The first-order valence-corrected chi connectivity index (χ1v) is 21.1. The summed E-state index contributed by atoms with van der Waals surface area (Å²) in [6, 6.07) is 5.25. The molecule has 0 spiro atoms. The number of carbonyl (C=O) groups excluding carboxylic acids is 2. The third-order valence-electron chi connectivity index (χ3n) is 15.6. The molecule has 302 valence electrons. The summed E-state index contributed by atoms with van der Waals surface area (Å²) in [4.78, 5) is 57.5. The standard InChI is InChI=1S/C45H64ClN3O6/c1-11-12-13-34(55-37(52)25-41(4,5)40(53)54)42(6,7)28-18-19-43(8)29(22-28)14-16-31-39-38(27(2)3)32(50)24-45(39,21-20-44(31,43)9)33-23-36(51)49(48(33)10)35-17-15-30(46)26-47-35/h15,17,23,26-29,31,34H,11-14,16,18-22,24-25H2,1-10H3,(H,53,54)/t28-,29-,31-,34+,43-,44-,45+/m1/s1. The molecule has 6 rings (SSSR count). The number of aromatic nitrogens is 3. The number of esters is 1. The molecule has 9 nitrogen and oxygen atoms in total. The molecule has 0 aromatic carbocycles. The van der Waals surface area contributed by atoms with Crippen LogP contribution in [0.15, 0.2) is 40.3 Å². The highest BCUT2D eigenvalue weighted by molar-refractivity contribution is 6.30. The van der Waals surface area contributed by atoms with E-state index in [-0.39, 0.29) is 51.9 Å². The first-order valence-electron chi connectivity index (χ1n) is 20.8. The predicted molar refractivity (Wildman–Crippen MR) is 215 cm³/mol. The number of fused-ring (bicyclic) bond motifs is 5. The quantitative estimate of drug-likeness (QED) is 0.213. The molecule has 2 aromatic rings. The fraction of sp³-hybridized carbons (Fsp3) is 0.711. The Morgan fingerprint density at radius 3 is 2.38 bits per heavy atom. The summed E-state index contributed by atoms with van der Waals surface area (Å²) < 4.78 is 9.78. The van der Waals surface area contributed by atoms with E-state index in [1.54, 1.807) is 42.9 Å². The number of hydrogen-bond acceptors (Lipinski definition) is 6. The number of ketones is 1. The molecule has 10 heteroatoms. The number of aliphatic carboxylic acids is 1. The van der Waals surface area contributed by atoms with Crippen molar-refractivity contribution in [2.24, 2.45) is 52.4 Å². The van der Waals surface area contributed by atoms with Gasteiger partial charge in [0.1, 0.15) is 6.10 Å². The van der Waals surface area contributed by atoms with Crippen LogP contribution >= 0.6 is 11.6 Å². The van der Waals surface area contributed by atoms with Crippen molar-refractivity contribution in [1.82, 2.24) is 14.3 Å². The molecule has 2 heterocycles. The number of ether oxygens (including phenoxy) is 1. The first kappa shape index (κ1) is 41.4. The Morgan fingerprint density at radius 2 is 1.76 bits per heavy atom. The molecule has 0 saturated heterocycles. The van der Waals surface area contributed by atoms with Gasteiger partial charge in [0.2, 0.25) is 0 Å². The van der Waals surface area contributed by atoms with Crippen molar-refractivity contribution >= 4 is 29.3 Å². The van der Waals surface area contributed by atoms with Gasteiger partial charge in [-0.05, 0) is 123 Å². The van der Waals surface area contributed by atoms with Gasteiger partial charge in [-0.25, -0.2) is 4.98 Å². The topological polar surface area (TPSA) is 120 Å². The molecule has 0 amide bonds. The number of Topliss-reactive ketones (excluding diaryl/α,β-unsaturated/α-hetero) is 1. The smallest absolute Gasteiger partial charge is 0.309 e. The van der Waals surface area contributed by atoms with Gasteiger partial charge in [-0.1, -0.05) is 72.9 Å². The summed E-state index contributed by atoms with van der Waals surface area (Å²) >= 11 is 6.15. The van der Waals surface area contributed by atoms with Crippen LogP contribution in [0.4, 0.5) is 0 Å². The zero-order valence-corrected chi connectivity index (χ0v) is 35.6.